The zero-order valence-corrected chi connectivity index (χ0v) is 33.0. The molecule has 2 aromatic rings. The van der Waals surface area contributed by atoms with Gasteiger partial charge in [0.25, 0.3) is 5.91 Å². The number of nitrogens with one attached hydrogen (secondary N) is 3. The van der Waals surface area contributed by atoms with Gasteiger partial charge >= 0.3 is 22.6 Å². The van der Waals surface area contributed by atoms with Crippen molar-refractivity contribution in [1.29, 1.82) is 0 Å². The molecule has 19 heteroatoms. The molecule has 1 aromatic carbocycles. The smallest absolute Gasteiger partial charge is 0.427 e. The third kappa shape index (κ3) is 9.22. The Bertz CT molecular complexity index is 1950. The van der Waals surface area contributed by atoms with E-state index in [4.69, 9.17) is 30.0 Å². The summed E-state index contributed by atoms with van der Waals surface area (Å²) >= 11 is 6.54. The highest BCUT2D eigenvalue weighted by Gasteiger charge is 2.62. The largest absolute Gasteiger partial charge is 0.495 e. The number of fused-ring (bicyclic) bond motifs is 1. The maximum atomic E-state index is 14.5. The van der Waals surface area contributed by atoms with Gasteiger partial charge in [0.05, 0.1) is 30.2 Å². The number of alkyl halides is 3. The molecule has 55 heavy (non-hydrogen) atoms. The van der Waals surface area contributed by atoms with Crippen molar-refractivity contribution in [2.45, 2.75) is 116 Å². The Morgan fingerprint density at radius 2 is 1.65 bits per heavy atom. The van der Waals surface area contributed by atoms with Crippen LogP contribution in [0.25, 0.3) is 10.8 Å². The molecule has 3 amide bonds. The van der Waals surface area contributed by atoms with Crippen molar-refractivity contribution in [1.82, 2.24) is 20.3 Å². The number of ketones is 1. The summed E-state index contributed by atoms with van der Waals surface area (Å²) in [6.07, 6.45) is -4.97. The van der Waals surface area contributed by atoms with Crippen molar-refractivity contribution in [3.05, 3.63) is 29.4 Å². The van der Waals surface area contributed by atoms with Crippen LogP contribution >= 0.6 is 11.6 Å². The number of benzene rings is 1. The van der Waals surface area contributed by atoms with Gasteiger partial charge in [0, 0.05) is 22.9 Å². The second kappa shape index (κ2) is 15.2. The number of alkyl carbamates (subject to hydrolysis) is 1. The zero-order valence-electron chi connectivity index (χ0n) is 31.5. The van der Waals surface area contributed by atoms with E-state index in [9.17, 15) is 40.8 Å². The number of carbonyl (C=O) groups excluding carboxylic acids is 4. The van der Waals surface area contributed by atoms with Gasteiger partial charge in [0.1, 0.15) is 17.4 Å². The number of ether oxygens (including phenoxy) is 3. The van der Waals surface area contributed by atoms with Crippen LogP contribution in [0.4, 0.5) is 18.0 Å². The zero-order chi connectivity index (χ0) is 40.9. The molecule has 0 radical (unpaired) electrons. The molecule has 1 unspecified atom stereocenters. The van der Waals surface area contributed by atoms with Crippen molar-refractivity contribution in [3.63, 3.8) is 0 Å². The molecule has 0 aliphatic heterocycles. The van der Waals surface area contributed by atoms with Crippen molar-refractivity contribution in [2.75, 3.05) is 7.11 Å². The fourth-order valence-electron chi connectivity index (χ4n) is 6.83. The maximum absolute atomic E-state index is 14.5. The van der Waals surface area contributed by atoms with Crippen molar-refractivity contribution < 1.29 is 59.2 Å². The van der Waals surface area contributed by atoms with Gasteiger partial charge in [-0.1, -0.05) is 45.7 Å². The van der Waals surface area contributed by atoms with E-state index in [-0.39, 0.29) is 25.1 Å². The Balaban J connectivity index is 1.45. The van der Waals surface area contributed by atoms with Crippen LogP contribution in [0.3, 0.4) is 0 Å². The van der Waals surface area contributed by atoms with Gasteiger partial charge in [-0.15, -0.1) is 0 Å². The predicted molar refractivity (Wildman–Crippen MR) is 192 cm³/mol. The molecule has 3 fully saturated rings. The van der Waals surface area contributed by atoms with Gasteiger partial charge in [-0.3, -0.25) is 18.6 Å². The van der Waals surface area contributed by atoms with Crippen LogP contribution in [-0.4, -0.2) is 79.8 Å². The molecule has 304 valence electrons. The van der Waals surface area contributed by atoms with Gasteiger partial charge < -0.3 is 24.8 Å². The SMILES string of the molecule is CC[C@@H]1C[C@]1(NC(=O)[C@@H]1C[C@@H](Oc2nccc3c(Cl)c(OC)ccc23)CC1C(=O)[C@@H](NC(=O)OC(C)(C)C(F)(F)F)C(C)(C)C)C(=O)NS(=O)(=O)OC1CC1. The molecular formula is C36H46ClF3N4O10S. The number of nitrogens with zero attached hydrogens (tertiary/aromatic N) is 1. The Morgan fingerprint density at radius 3 is 2.22 bits per heavy atom. The van der Waals surface area contributed by atoms with Crippen molar-refractivity contribution in [3.8, 4) is 11.6 Å². The minimum Gasteiger partial charge on any atom is -0.495 e. The number of aromatic nitrogens is 1. The molecule has 3 aliphatic rings. The van der Waals surface area contributed by atoms with E-state index in [2.05, 4.69) is 15.6 Å². The molecule has 1 aromatic heterocycles. The van der Waals surface area contributed by atoms with E-state index in [0.29, 0.717) is 54.7 Å². The van der Waals surface area contributed by atoms with Crippen LogP contribution in [-0.2, 0) is 33.6 Å². The number of pyridine rings is 1. The topological polar surface area (TPSA) is 188 Å². The van der Waals surface area contributed by atoms with Crippen LogP contribution in [0.1, 0.15) is 80.1 Å². The van der Waals surface area contributed by atoms with Crippen LogP contribution in [0.15, 0.2) is 24.4 Å². The lowest BCUT2D eigenvalue weighted by Gasteiger charge is -2.35. The van der Waals surface area contributed by atoms with E-state index in [1.807, 2.05) is 4.72 Å². The fraction of sp³-hybridized carbons (Fsp3) is 0.639. The lowest BCUT2D eigenvalue weighted by atomic mass is 9.77. The Labute approximate surface area is 322 Å². The van der Waals surface area contributed by atoms with Crippen LogP contribution in [0.2, 0.25) is 5.02 Å². The number of amides is 3. The molecular weight excluding hydrogens is 773 g/mol. The summed E-state index contributed by atoms with van der Waals surface area (Å²) in [5.74, 6) is -4.75. The average molecular weight is 819 g/mol. The van der Waals surface area contributed by atoms with E-state index < -0.39 is 92.7 Å². The minimum absolute atomic E-state index is 0.0931. The van der Waals surface area contributed by atoms with E-state index in [1.165, 1.54) is 13.3 Å². The Hall–Kier alpha value is -3.90. The first kappa shape index (κ1) is 42.2. The first-order valence-corrected chi connectivity index (χ1v) is 19.7. The highest BCUT2D eigenvalue weighted by molar-refractivity contribution is 7.85. The molecule has 3 saturated carbocycles. The number of halogens is 4. The van der Waals surface area contributed by atoms with Gasteiger partial charge in [0.2, 0.25) is 17.4 Å². The lowest BCUT2D eigenvalue weighted by Crippen LogP contribution is -2.56. The molecule has 0 saturated heterocycles. The second-order valence-corrected chi connectivity index (χ2v) is 17.6. The molecule has 5 rings (SSSR count). The number of methoxy groups -OCH3 is 1. The normalized spacial score (nSPS) is 24.8. The number of hydrogen-bond donors (Lipinski definition) is 3. The number of hydrogen-bond acceptors (Lipinski definition) is 11. The third-order valence-electron chi connectivity index (χ3n) is 10.3. The fourth-order valence-corrected chi connectivity index (χ4v) is 8.15. The number of rotatable bonds is 14. The van der Waals surface area contributed by atoms with Gasteiger partial charge in [-0.25, -0.2) is 14.5 Å². The molecule has 0 bridgehead atoms. The summed E-state index contributed by atoms with van der Waals surface area (Å²) in [5.41, 5.74) is -5.60. The van der Waals surface area contributed by atoms with Crippen LogP contribution < -0.4 is 24.8 Å². The van der Waals surface area contributed by atoms with E-state index in [0.717, 1.165) is 0 Å². The summed E-state index contributed by atoms with van der Waals surface area (Å²) in [6.45, 7) is 7.85. The quantitative estimate of drug-likeness (QED) is 0.217. The van der Waals surface area contributed by atoms with Gasteiger partial charge in [-0.05, 0) is 75.5 Å². The minimum atomic E-state index is -4.92. The lowest BCUT2D eigenvalue weighted by molar-refractivity contribution is -0.244. The maximum Gasteiger partial charge on any atom is 0.427 e. The molecule has 14 nitrogen and oxygen atoms in total. The highest BCUT2D eigenvalue weighted by atomic mass is 35.5. The van der Waals surface area contributed by atoms with Crippen LogP contribution in [0, 0.1) is 23.2 Å². The van der Waals surface area contributed by atoms with Gasteiger partial charge in [0.15, 0.2) is 5.78 Å². The molecule has 3 aliphatic carbocycles. The first-order valence-electron chi connectivity index (χ1n) is 17.9. The standard InChI is InChI=1S/C36H46ClF3N4O10S/c1-8-18-17-35(18,31(47)44-55(49,50)54-19-9-10-19)43-29(46)24-16-20(52-30-22-11-12-25(51-7)26(37)21(22)13-14-41-30)15-23(24)27(45)28(33(2,3)4)42-32(48)53-34(5,6)36(38,39)40/h11-14,18-20,23-24,28H,8-10,15-17H2,1-7H3,(H,42,48)(H,43,46)(H,44,47)/t18-,20+,23?,24-,28-,35-/m1/s1. The first-order chi connectivity index (χ1) is 25.4. The molecule has 1 heterocycles. The third-order valence-corrected chi connectivity index (χ3v) is 11.7. The second-order valence-electron chi connectivity index (χ2n) is 15.9. The van der Waals surface area contributed by atoms with Crippen molar-refractivity contribution >= 4 is 56.4 Å². The summed E-state index contributed by atoms with van der Waals surface area (Å²) in [7, 11) is -3.01. The van der Waals surface area contributed by atoms with E-state index >= 15 is 0 Å². The van der Waals surface area contributed by atoms with Crippen molar-refractivity contribution in [2.24, 2.45) is 23.2 Å². The summed E-state index contributed by atoms with van der Waals surface area (Å²) in [6, 6.07) is 3.51. The summed E-state index contributed by atoms with van der Waals surface area (Å²) < 4.78 is 89.0. The van der Waals surface area contributed by atoms with E-state index in [1.54, 1.807) is 45.9 Å². The number of carbonyl (C=O) groups is 4. The Morgan fingerprint density at radius 1 is 1.00 bits per heavy atom. The monoisotopic (exact) mass is 818 g/mol. The molecule has 0 spiro atoms. The average Bonchev–Trinajstić information content (AvgIpc) is 3.98. The molecule has 6 atom stereocenters. The van der Waals surface area contributed by atoms with Gasteiger partial charge in [-0.2, -0.15) is 21.6 Å². The predicted octanol–water partition coefficient (Wildman–Crippen LogP) is 5.55. The molecule has 3 N–H and O–H groups in total. The summed E-state index contributed by atoms with van der Waals surface area (Å²) in [5, 5.41) is 6.38. The number of Topliss-reactive ketones (excluding diaryl/α,β-unsaturated/α-hetero) is 1. The Kier molecular flexibility index (Phi) is 11.7. The summed E-state index contributed by atoms with van der Waals surface area (Å²) in [4.78, 5) is 59.5. The highest BCUT2D eigenvalue weighted by Crippen LogP contribution is 2.48. The van der Waals surface area contributed by atoms with Crippen LogP contribution in [0.5, 0.6) is 11.6 Å².